The van der Waals surface area contributed by atoms with Crippen LogP contribution in [0.5, 0.6) is 0 Å². The number of nitrogens with one attached hydrogen (secondary N) is 1. The summed E-state index contributed by atoms with van der Waals surface area (Å²) >= 11 is 0. The van der Waals surface area contributed by atoms with Gasteiger partial charge in [0.2, 0.25) is 0 Å². The summed E-state index contributed by atoms with van der Waals surface area (Å²) in [6.45, 7) is 13.7. The standard InChI is InChI=1S/C11H26N2O/c1-4-13(5-2)10-7-8-12-9-11-14-6-3/h12H,4-11H2,1-3H3. The summed E-state index contributed by atoms with van der Waals surface area (Å²) in [6.07, 6.45) is 1.23. The van der Waals surface area contributed by atoms with E-state index >= 15 is 0 Å². The van der Waals surface area contributed by atoms with Gasteiger partial charge in [-0.1, -0.05) is 13.8 Å². The van der Waals surface area contributed by atoms with E-state index in [0.717, 1.165) is 39.4 Å². The van der Waals surface area contributed by atoms with Gasteiger partial charge in [-0.15, -0.1) is 0 Å². The number of hydrogen-bond donors (Lipinski definition) is 1. The molecule has 0 fully saturated rings. The van der Waals surface area contributed by atoms with Gasteiger partial charge in [0, 0.05) is 13.2 Å². The van der Waals surface area contributed by atoms with Crippen LogP contribution in [-0.2, 0) is 4.74 Å². The quantitative estimate of drug-likeness (QED) is 0.541. The van der Waals surface area contributed by atoms with Crippen LogP contribution in [0.15, 0.2) is 0 Å². The third-order valence-electron chi connectivity index (χ3n) is 2.35. The van der Waals surface area contributed by atoms with E-state index in [-0.39, 0.29) is 0 Å². The van der Waals surface area contributed by atoms with Crippen LogP contribution in [0.4, 0.5) is 0 Å². The average molecular weight is 202 g/mol. The van der Waals surface area contributed by atoms with Crippen LogP contribution in [0.3, 0.4) is 0 Å². The van der Waals surface area contributed by atoms with Crippen molar-refractivity contribution in [3.63, 3.8) is 0 Å². The predicted molar refractivity (Wildman–Crippen MR) is 61.8 cm³/mol. The highest BCUT2D eigenvalue weighted by Crippen LogP contribution is 1.88. The Labute approximate surface area is 88.8 Å². The fourth-order valence-electron chi connectivity index (χ4n) is 1.38. The number of nitrogens with zero attached hydrogens (tertiary/aromatic N) is 1. The molecule has 0 aliphatic carbocycles. The van der Waals surface area contributed by atoms with Gasteiger partial charge in [-0.25, -0.2) is 0 Å². The van der Waals surface area contributed by atoms with E-state index in [9.17, 15) is 0 Å². The number of rotatable bonds is 10. The van der Waals surface area contributed by atoms with Crippen LogP contribution in [0.2, 0.25) is 0 Å². The van der Waals surface area contributed by atoms with Crippen LogP contribution >= 0.6 is 0 Å². The van der Waals surface area contributed by atoms with Gasteiger partial charge >= 0.3 is 0 Å². The molecule has 1 N–H and O–H groups in total. The summed E-state index contributed by atoms with van der Waals surface area (Å²) in [6, 6.07) is 0. The van der Waals surface area contributed by atoms with E-state index in [1.807, 2.05) is 6.92 Å². The minimum absolute atomic E-state index is 0.821. The molecule has 0 aromatic rings. The van der Waals surface area contributed by atoms with E-state index in [1.54, 1.807) is 0 Å². The van der Waals surface area contributed by atoms with Gasteiger partial charge in [0.05, 0.1) is 6.61 Å². The molecule has 0 radical (unpaired) electrons. The molecule has 3 nitrogen and oxygen atoms in total. The Morgan fingerprint density at radius 3 is 2.36 bits per heavy atom. The van der Waals surface area contributed by atoms with Crippen molar-refractivity contribution < 1.29 is 4.74 Å². The van der Waals surface area contributed by atoms with Gasteiger partial charge < -0.3 is 15.0 Å². The van der Waals surface area contributed by atoms with E-state index in [0.29, 0.717) is 0 Å². The molecule has 0 aromatic heterocycles. The van der Waals surface area contributed by atoms with Gasteiger partial charge in [-0.3, -0.25) is 0 Å². The molecule has 0 amide bonds. The highest BCUT2D eigenvalue weighted by molar-refractivity contribution is 4.54. The minimum Gasteiger partial charge on any atom is -0.380 e. The predicted octanol–water partition coefficient (Wildman–Crippen LogP) is 1.34. The lowest BCUT2D eigenvalue weighted by atomic mass is 10.3. The zero-order valence-electron chi connectivity index (χ0n) is 10.0. The monoisotopic (exact) mass is 202 g/mol. The zero-order valence-corrected chi connectivity index (χ0v) is 10.0. The molecule has 0 atom stereocenters. The Bertz CT molecular complexity index is 105. The first-order valence-electron chi connectivity index (χ1n) is 5.85. The van der Waals surface area contributed by atoms with Crippen molar-refractivity contribution in [1.82, 2.24) is 10.2 Å². The van der Waals surface area contributed by atoms with Crippen molar-refractivity contribution in [3.8, 4) is 0 Å². The summed E-state index contributed by atoms with van der Waals surface area (Å²) in [4.78, 5) is 2.45. The zero-order chi connectivity index (χ0) is 10.6. The lowest BCUT2D eigenvalue weighted by Crippen LogP contribution is -2.28. The van der Waals surface area contributed by atoms with Gasteiger partial charge in [-0.05, 0) is 39.5 Å². The Morgan fingerprint density at radius 1 is 1.07 bits per heavy atom. The Morgan fingerprint density at radius 2 is 1.79 bits per heavy atom. The minimum atomic E-state index is 0.821. The summed E-state index contributed by atoms with van der Waals surface area (Å²) in [5, 5.41) is 3.37. The molecule has 0 spiro atoms. The van der Waals surface area contributed by atoms with Crippen LogP contribution in [0, 0.1) is 0 Å². The normalized spacial score (nSPS) is 11.1. The second kappa shape index (κ2) is 11.0. The summed E-state index contributed by atoms with van der Waals surface area (Å²) in [5.41, 5.74) is 0. The number of hydrogen-bond acceptors (Lipinski definition) is 3. The molecule has 86 valence electrons. The second-order valence-electron chi connectivity index (χ2n) is 3.33. The van der Waals surface area contributed by atoms with E-state index < -0.39 is 0 Å². The lowest BCUT2D eigenvalue weighted by molar-refractivity contribution is 0.149. The van der Waals surface area contributed by atoms with Gasteiger partial charge in [0.15, 0.2) is 0 Å². The maximum Gasteiger partial charge on any atom is 0.0590 e. The molecule has 0 bridgehead atoms. The molecule has 3 heteroatoms. The van der Waals surface area contributed by atoms with E-state index in [4.69, 9.17) is 4.74 Å². The van der Waals surface area contributed by atoms with E-state index in [1.165, 1.54) is 13.0 Å². The largest absolute Gasteiger partial charge is 0.380 e. The molecule has 0 aromatic carbocycles. The second-order valence-corrected chi connectivity index (χ2v) is 3.33. The average Bonchev–Trinajstić information content (AvgIpc) is 2.22. The maximum absolute atomic E-state index is 5.23. The molecule has 0 unspecified atom stereocenters. The smallest absolute Gasteiger partial charge is 0.0590 e. The van der Waals surface area contributed by atoms with Crippen molar-refractivity contribution in [1.29, 1.82) is 0 Å². The van der Waals surface area contributed by atoms with Gasteiger partial charge in [0.25, 0.3) is 0 Å². The Balaban J connectivity index is 3.04. The van der Waals surface area contributed by atoms with Crippen molar-refractivity contribution in [2.75, 3.05) is 45.9 Å². The van der Waals surface area contributed by atoms with Gasteiger partial charge in [-0.2, -0.15) is 0 Å². The molecule has 0 saturated heterocycles. The van der Waals surface area contributed by atoms with Crippen molar-refractivity contribution in [2.45, 2.75) is 27.2 Å². The van der Waals surface area contributed by atoms with Crippen molar-refractivity contribution in [3.05, 3.63) is 0 Å². The molecular weight excluding hydrogens is 176 g/mol. The molecule has 14 heavy (non-hydrogen) atoms. The molecule has 0 heterocycles. The molecular formula is C11H26N2O. The molecule has 0 aliphatic heterocycles. The first-order chi connectivity index (χ1) is 6.85. The molecule has 0 aliphatic rings. The first kappa shape index (κ1) is 13.9. The third-order valence-corrected chi connectivity index (χ3v) is 2.35. The van der Waals surface area contributed by atoms with Crippen LogP contribution in [0.25, 0.3) is 0 Å². The SMILES string of the molecule is CCOCCNCCCN(CC)CC. The Kier molecular flexibility index (Phi) is 10.9. The number of ether oxygens (including phenoxy) is 1. The third kappa shape index (κ3) is 8.48. The lowest BCUT2D eigenvalue weighted by Gasteiger charge is -2.17. The van der Waals surface area contributed by atoms with Crippen LogP contribution in [0.1, 0.15) is 27.2 Å². The van der Waals surface area contributed by atoms with Crippen LogP contribution < -0.4 is 5.32 Å². The summed E-state index contributed by atoms with van der Waals surface area (Å²) in [5.74, 6) is 0. The summed E-state index contributed by atoms with van der Waals surface area (Å²) in [7, 11) is 0. The maximum atomic E-state index is 5.23. The molecule has 0 saturated carbocycles. The molecule has 0 rings (SSSR count). The fraction of sp³-hybridized carbons (Fsp3) is 1.00. The topological polar surface area (TPSA) is 24.5 Å². The first-order valence-corrected chi connectivity index (χ1v) is 5.85. The highest BCUT2D eigenvalue weighted by Gasteiger charge is 1.97. The highest BCUT2D eigenvalue weighted by atomic mass is 16.5. The van der Waals surface area contributed by atoms with Gasteiger partial charge in [0.1, 0.15) is 0 Å². The van der Waals surface area contributed by atoms with Crippen molar-refractivity contribution in [2.24, 2.45) is 0 Å². The van der Waals surface area contributed by atoms with Crippen LogP contribution in [-0.4, -0.2) is 50.8 Å². The van der Waals surface area contributed by atoms with E-state index in [2.05, 4.69) is 24.1 Å². The fourth-order valence-corrected chi connectivity index (χ4v) is 1.38. The Hall–Kier alpha value is -0.120. The van der Waals surface area contributed by atoms with Crippen molar-refractivity contribution >= 4 is 0 Å². The summed E-state index contributed by atoms with van der Waals surface area (Å²) < 4.78 is 5.23.